The first-order valence-electron chi connectivity index (χ1n) is 5.60. The molecule has 0 fully saturated rings. The zero-order chi connectivity index (χ0) is 11.3. The summed E-state index contributed by atoms with van der Waals surface area (Å²) in [5, 5.41) is 9.88. The number of nitrogens with zero attached hydrogens (tertiary/aromatic N) is 2. The lowest BCUT2D eigenvalue weighted by molar-refractivity contribution is 0.136. The second-order valence-electron chi connectivity index (χ2n) is 4.26. The Hall–Kier alpha value is -0.960. The fourth-order valence-corrected chi connectivity index (χ4v) is 1.67. The number of rotatable bonds is 5. The Morgan fingerprint density at radius 3 is 2.47 bits per heavy atom. The summed E-state index contributed by atoms with van der Waals surface area (Å²) in [6.07, 6.45) is 6.02. The summed E-state index contributed by atoms with van der Waals surface area (Å²) < 4.78 is 0. The van der Waals surface area contributed by atoms with Gasteiger partial charge in [-0.1, -0.05) is 26.7 Å². The van der Waals surface area contributed by atoms with Gasteiger partial charge in [0, 0.05) is 12.4 Å². The SMILES string of the molecule is CCCC(C)CC(O)c1ncc(C)cn1. The van der Waals surface area contributed by atoms with Crippen LogP contribution in [0.25, 0.3) is 0 Å². The molecule has 1 N–H and O–H groups in total. The van der Waals surface area contributed by atoms with Crippen LogP contribution in [0.4, 0.5) is 0 Å². The number of aromatic nitrogens is 2. The van der Waals surface area contributed by atoms with Crippen LogP contribution in [0.1, 0.15) is 50.6 Å². The molecule has 0 amide bonds. The van der Waals surface area contributed by atoms with E-state index in [1.165, 1.54) is 0 Å². The van der Waals surface area contributed by atoms with Gasteiger partial charge in [-0.25, -0.2) is 9.97 Å². The lowest BCUT2D eigenvalue weighted by atomic mass is 9.98. The molecule has 3 nitrogen and oxygen atoms in total. The highest BCUT2D eigenvalue weighted by molar-refractivity contribution is 5.03. The third kappa shape index (κ3) is 3.96. The summed E-state index contributed by atoms with van der Waals surface area (Å²) in [6, 6.07) is 0. The minimum Gasteiger partial charge on any atom is -0.385 e. The van der Waals surface area contributed by atoms with Gasteiger partial charge in [0.15, 0.2) is 5.82 Å². The van der Waals surface area contributed by atoms with Gasteiger partial charge in [0.1, 0.15) is 6.10 Å². The lowest BCUT2D eigenvalue weighted by Gasteiger charge is -2.14. The lowest BCUT2D eigenvalue weighted by Crippen LogP contribution is -2.08. The van der Waals surface area contributed by atoms with Gasteiger partial charge in [-0.3, -0.25) is 0 Å². The van der Waals surface area contributed by atoms with Crippen LogP contribution < -0.4 is 0 Å². The maximum atomic E-state index is 9.88. The van der Waals surface area contributed by atoms with Gasteiger partial charge < -0.3 is 5.11 Å². The van der Waals surface area contributed by atoms with E-state index in [1.54, 1.807) is 12.4 Å². The van der Waals surface area contributed by atoms with Crippen LogP contribution in [0.15, 0.2) is 12.4 Å². The maximum absolute atomic E-state index is 9.88. The average molecular weight is 208 g/mol. The Kier molecular flexibility index (Phi) is 4.69. The van der Waals surface area contributed by atoms with Crippen molar-refractivity contribution in [3.63, 3.8) is 0 Å². The molecule has 2 atom stereocenters. The highest BCUT2D eigenvalue weighted by atomic mass is 16.3. The number of hydrogen-bond donors (Lipinski definition) is 1. The van der Waals surface area contributed by atoms with E-state index in [9.17, 15) is 5.11 Å². The maximum Gasteiger partial charge on any atom is 0.156 e. The van der Waals surface area contributed by atoms with Crippen LogP contribution in [0.2, 0.25) is 0 Å². The molecular weight excluding hydrogens is 188 g/mol. The summed E-state index contributed by atoms with van der Waals surface area (Å²) in [4.78, 5) is 8.26. The van der Waals surface area contributed by atoms with Crippen LogP contribution in [0.3, 0.4) is 0 Å². The predicted octanol–water partition coefficient (Wildman–Crippen LogP) is 2.64. The van der Waals surface area contributed by atoms with E-state index >= 15 is 0 Å². The van der Waals surface area contributed by atoms with Crippen molar-refractivity contribution in [1.82, 2.24) is 9.97 Å². The molecular formula is C12H20N2O. The van der Waals surface area contributed by atoms with Gasteiger partial charge in [-0.05, 0) is 24.8 Å². The monoisotopic (exact) mass is 208 g/mol. The van der Waals surface area contributed by atoms with E-state index in [2.05, 4.69) is 23.8 Å². The second-order valence-corrected chi connectivity index (χ2v) is 4.26. The fraction of sp³-hybridized carbons (Fsp3) is 0.667. The van der Waals surface area contributed by atoms with Gasteiger partial charge in [-0.2, -0.15) is 0 Å². The molecule has 0 bridgehead atoms. The molecule has 1 aromatic rings. The van der Waals surface area contributed by atoms with Crippen LogP contribution in [-0.4, -0.2) is 15.1 Å². The molecule has 2 unspecified atom stereocenters. The van der Waals surface area contributed by atoms with E-state index < -0.39 is 6.10 Å². The van der Waals surface area contributed by atoms with Crippen LogP contribution in [0.5, 0.6) is 0 Å². The van der Waals surface area contributed by atoms with E-state index in [-0.39, 0.29) is 0 Å². The first-order chi connectivity index (χ1) is 7.13. The van der Waals surface area contributed by atoms with Crippen LogP contribution in [-0.2, 0) is 0 Å². The quantitative estimate of drug-likeness (QED) is 0.809. The Morgan fingerprint density at radius 1 is 1.33 bits per heavy atom. The standard InChI is InChI=1S/C12H20N2O/c1-4-5-9(2)6-11(15)12-13-7-10(3)8-14-12/h7-9,11,15H,4-6H2,1-3H3. The van der Waals surface area contributed by atoms with Crippen LogP contribution in [0, 0.1) is 12.8 Å². The highest BCUT2D eigenvalue weighted by Crippen LogP contribution is 2.20. The topological polar surface area (TPSA) is 46.0 Å². The van der Waals surface area contributed by atoms with Crippen molar-refractivity contribution in [3.8, 4) is 0 Å². The molecule has 84 valence electrons. The zero-order valence-corrected chi connectivity index (χ0v) is 9.77. The fourth-order valence-electron chi connectivity index (χ4n) is 1.67. The second kappa shape index (κ2) is 5.81. The van der Waals surface area contributed by atoms with Crippen molar-refractivity contribution in [1.29, 1.82) is 0 Å². The van der Waals surface area contributed by atoms with Gasteiger partial charge >= 0.3 is 0 Å². The van der Waals surface area contributed by atoms with Crippen LogP contribution >= 0.6 is 0 Å². The van der Waals surface area contributed by atoms with E-state index in [1.807, 2.05) is 6.92 Å². The van der Waals surface area contributed by atoms with E-state index in [0.29, 0.717) is 11.7 Å². The molecule has 0 aliphatic heterocycles. The first-order valence-corrected chi connectivity index (χ1v) is 5.60. The van der Waals surface area contributed by atoms with Crippen molar-refractivity contribution in [2.45, 2.75) is 46.1 Å². The van der Waals surface area contributed by atoms with Crippen molar-refractivity contribution in [2.24, 2.45) is 5.92 Å². The zero-order valence-electron chi connectivity index (χ0n) is 9.77. The van der Waals surface area contributed by atoms with Gasteiger partial charge in [0.25, 0.3) is 0 Å². The molecule has 0 radical (unpaired) electrons. The Balaban J connectivity index is 2.53. The normalized spacial score (nSPS) is 14.9. The Bertz CT molecular complexity index is 284. The number of aryl methyl sites for hydroxylation is 1. The van der Waals surface area contributed by atoms with Gasteiger partial charge in [0.2, 0.25) is 0 Å². The Labute approximate surface area is 91.6 Å². The molecule has 15 heavy (non-hydrogen) atoms. The minimum atomic E-state index is -0.521. The predicted molar refractivity (Wildman–Crippen MR) is 60.4 cm³/mol. The first kappa shape index (κ1) is 12.1. The molecule has 1 rings (SSSR count). The van der Waals surface area contributed by atoms with Crippen molar-refractivity contribution < 1.29 is 5.11 Å². The highest BCUT2D eigenvalue weighted by Gasteiger charge is 2.14. The average Bonchev–Trinajstić information content (AvgIpc) is 2.18. The molecule has 1 heterocycles. The molecule has 0 aliphatic carbocycles. The molecule has 0 saturated heterocycles. The summed E-state index contributed by atoms with van der Waals surface area (Å²) in [7, 11) is 0. The van der Waals surface area contributed by atoms with E-state index in [0.717, 1.165) is 24.8 Å². The number of hydrogen-bond acceptors (Lipinski definition) is 3. The molecule has 3 heteroatoms. The largest absolute Gasteiger partial charge is 0.385 e. The third-order valence-electron chi connectivity index (χ3n) is 2.51. The molecule has 0 spiro atoms. The summed E-state index contributed by atoms with van der Waals surface area (Å²) in [5.41, 5.74) is 1.02. The summed E-state index contributed by atoms with van der Waals surface area (Å²) in [5.74, 6) is 1.07. The van der Waals surface area contributed by atoms with Crippen molar-refractivity contribution >= 4 is 0 Å². The van der Waals surface area contributed by atoms with Crippen molar-refractivity contribution in [3.05, 3.63) is 23.8 Å². The summed E-state index contributed by atoms with van der Waals surface area (Å²) >= 11 is 0. The number of aliphatic hydroxyl groups excluding tert-OH is 1. The molecule has 0 aromatic carbocycles. The minimum absolute atomic E-state index is 0.521. The molecule has 0 aliphatic rings. The molecule has 0 saturated carbocycles. The number of aliphatic hydroxyl groups is 1. The van der Waals surface area contributed by atoms with Gasteiger partial charge in [0.05, 0.1) is 0 Å². The molecule has 1 aromatic heterocycles. The van der Waals surface area contributed by atoms with Crippen molar-refractivity contribution in [2.75, 3.05) is 0 Å². The summed E-state index contributed by atoms with van der Waals surface area (Å²) in [6.45, 7) is 6.25. The van der Waals surface area contributed by atoms with E-state index in [4.69, 9.17) is 0 Å². The van der Waals surface area contributed by atoms with Gasteiger partial charge in [-0.15, -0.1) is 0 Å². The third-order valence-corrected chi connectivity index (χ3v) is 2.51. The Morgan fingerprint density at radius 2 is 1.93 bits per heavy atom. The smallest absolute Gasteiger partial charge is 0.156 e.